The van der Waals surface area contributed by atoms with Crippen molar-refractivity contribution in [1.29, 1.82) is 0 Å². The second-order valence-electron chi connectivity index (χ2n) is 3.42. The fourth-order valence-electron chi connectivity index (χ4n) is 1.33. The van der Waals surface area contributed by atoms with Crippen LogP contribution in [0.3, 0.4) is 0 Å². The third-order valence-corrected chi connectivity index (χ3v) is 3.22. The maximum atomic E-state index is 11.5. The number of aliphatic hydroxyl groups is 1. The lowest BCUT2D eigenvalue weighted by atomic mass is 10.2. The second-order valence-corrected chi connectivity index (χ2v) is 4.47. The summed E-state index contributed by atoms with van der Waals surface area (Å²) in [5.74, 6) is 0.513. The van der Waals surface area contributed by atoms with Crippen LogP contribution < -0.4 is 0 Å². The van der Waals surface area contributed by atoms with E-state index in [1.165, 1.54) is 11.8 Å². The number of carbonyl (C=O) groups is 1. The number of aromatic nitrogens is 1. The summed E-state index contributed by atoms with van der Waals surface area (Å²) in [6.07, 6.45) is 3.10. The van der Waals surface area contributed by atoms with Gasteiger partial charge in [0.2, 0.25) is 5.91 Å². The Labute approximate surface area is 92.3 Å². The zero-order chi connectivity index (χ0) is 10.7. The van der Waals surface area contributed by atoms with Crippen LogP contribution in [0, 0.1) is 0 Å². The number of amides is 1. The molecule has 1 aliphatic rings. The van der Waals surface area contributed by atoms with E-state index in [0.29, 0.717) is 18.8 Å². The Morgan fingerprint density at radius 1 is 1.53 bits per heavy atom. The number of pyridine rings is 1. The second kappa shape index (κ2) is 4.63. The summed E-state index contributed by atoms with van der Waals surface area (Å²) in [5, 5.41) is 9.04. The molecule has 0 aromatic carbocycles. The van der Waals surface area contributed by atoms with Crippen molar-refractivity contribution in [3.63, 3.8) is 0 Å². The summed E-state index contributed by atoms with van der Waals surface area (Å²) in [5.41, 5.74) is 0. The van der Waals surface area contributed by atoms with Crippen molar-refractivity contribution in [2.75, 3.05) is 18.8 Å². The van der Waals surface area contributed by atoms with Crippen LogP contribution in [0.1, 0.15) is 0 Å². The average Bonchev–Trinajstić information content (AvgIpc) is 2.23. The minimum absolute atomic E-state index is 0.0853. The van der Waals surface area contributed by atoms with Crippen LogP contribution >= 0.6 is 11.8 Å². The largest absolute Gasteiger partial charge is 0.389 e. The molecule has 1 aromatic heterocycles. The van der Waals surface area contributed by atoms with Crippen LogP contribution in [0.15, 0.2) is 29.4 Å². The van der Waals surface area contributed by atoms with Crippen molar-refractivity contribution in [2.24, 2.45) is 0 Å². The lowest BCUT2D eigenvalue weighted by Crippen LogP contribution is -2.54. The third-order valence-electron chi connectivity index (χ3n) is 2.23. The number of aliphatic hydroxyl groups excluding tert-OH is 1. The smallest absolute Gasteiger partial charge is 0.233 e. The molecule has 0 unspecified atom stereocenters. The quantitative estimate of drug-likeness (QED) is 0.754. The van der Waals surface area contributed by atoms with Gasteiger partial charge in [0.25, 0.3) is 0 Å². The minimum atomic E-state index is -0.320. The molecule has 1 aromatic rings. The highest BCUT2D eigenvalue weighted by Gasteiger charge is 2.28. The fraction of sp³-hybridized carbons (Fsp3) is 0.400. The first-order valence-corrected chi connectivity index (χ1v) is 5.73. The van der Waals surface area contributed by atoms with E-state index < -0.39 is 0 Å². The van der Waals surface area contributed by atoms with Crippen LogP contribution in [0.2, 0.25) is 0 Å². The van der Waals surface area contributed by atoms with Gasteiger partial charge in [0.1, 0.15) is 0 Å². The Balaban J connectivity index is 1.76. The van der Waals surface area contributed by atoms with E-state index in [1.807, 2.05) is 12.1 Å². The van der Waals surface area contributed by atoms with Crippen molar-refractivity contribution in [2.45, 2.75) is 11.0 Å². The Morgan fingerprint density at radius 3 is 2.80 bits per heavy atom. The SMILES string of the molecule is O=C(CSc1ccncc1)N1CC(O)C1. The van der Waals surface area contributed by atoms with Gasteiger partial charge in [-0.15, -0.1) is 11.8 Å². The minimum Gasteiger partial charge on any atom is -0.389 e. The Hall–Kier alpha value is -1.07. The topological polar surface area (TPSA) is 53.4 Å². The molecule has 80 valence electrons. The number of carbonyl (C=O) groups excluding carboxylic acids is 1. The van der Waals surface area contributed by atoms with Crippen LogP contribution in [-0.2, 0) is 4.79 Å². The molecule has 1 N–H and O–H groups in total. The molecule has 2 rings (SSSR count). The van der Waals surface area contributed by atoms with Gasteiger partial charge in [-0.3, -0.25) is 9.78 Å². The number of rotatable bonds is 3. The zero-order valence-corrected chi connectivity index (χ0v) is 8.98. The number of nitrogens with zero attached hydrogens (tertiary/aromatic N) is 2. The van der Waals surface area contributed by atoms with E-state index >= 15 is 0 Å². The third kappa shape index (κ3) is 2.70. The van der Waals surface area contributed by atoms with Crippen molar-refractivity contribution < 1.29 is 9.90 Å². The summed E-state index contributed by atoms with van der Waals surface area (Å²) in [7, 11) is 0. The van der Waals surface area contributed by atoms with Gasteiger partial charge in [-0.05, 0) is 12.1 Å². The summed E-state index contributed by atoms with van der Waals surface area (Å²) >= 11 is 1.49. The molecular weight excluding hydrogens is 212 g/mol. The monoisotopic (exact) mass is 224 g/mol. The molecule has 0 spiro atoms. The molecule has 2 heterocycles. The molecule has 1 fully saturated rings. The van der Waals surface area contributed by atoms with Crippen molar-refractivity contribution in [3.05, 3.63) is 24.5 Å². The highest BCUT2D eigenvalue weighted by atomic mass is 32.2. The number of hydrogen-bond acceptors (Lipinski definition) is 4. The predicted octanol–water partition coefficient (Wildman–Crippen LogP) is 0.377. The maximum Gasteiger partial charge on any atom is 0.233 e. The Bertz CT molecular complexity index is 339. The highest BCUT2D eigenvalue weighted by Crippen LogP contribution is 2.18. The van der Waals surface area contributed by atoms with Gasteiger partial charge in [-0.2, -0.15) is 0 Å². The van der Waals surface area contributed by atoms with Crippen LogP contribution in [-0.4, -0.2) is 45.8 Å². The first-order valence-electron chi connectivity index (χ1n) is 4.74. The van der Waals surface area contributed by atoms with Gasteiger partial charge in [-0.25, -0.2) is 0 Å². The Kier molecular flexibility index (Phi) is 3.23. The molecule has 4 nitrogen and oxygen atoms in total. The van der Waals surface area contributed by atoms with E-state index in [9.17, 15) is 4.79 Å². The highest BCUT2D eigenvalue weighted by molar-refractivity contribution is 8.00. The summed E-state index contributed by atoms with van der Waals surface area (Å²) < 4.78 is 0. The molecule has 0 atom stereocenters. The van der Waals surface area contributed by atoms with Crippen LogP contribution in [0.4, 0.5) is 0 Å². The number of thioether (sulfide) groups is 1. The molecule has 0 saturated carbocycles. The molecule has 1 saturated heterocycles. The lowest BCUT2D eigenvalue weighted by Gasteiger charge is -2.35. The number of β-amino-alcohol motifs (C(OH)–C–C–N with tert-alkyl or cyclic N) is 1. The van der Waals surface area contributed by atoms with E-state index in [-0.39, 0.29) is 12.0 Å². The lowest BCUT2D eigenvalue weighted by molar-refractivity contribution is -0.138. The van der Waals surface area contributed by atoms with Gasteiger partial charge in [-0.1, -0.05) is 0 Å². The predicted molar refractivity (Wildman–Crippen MR) is 57.5 cm³/mol. The summed E-state index contributed by atoms with van der Waals surface area (Å²) in [6.45, 7) is 0.964. The van der Waals surface area contributed by atoms with Gasteiger partial charge in [0.05, 0.1) is 11.9 Å². The van der Waals surface area contributed by atoms with Gasteiger partial charge < -0.3 is 10.0 Å². The van der Waals surface area contributed by atoms with Gasteiger partial charge >= 0.3 is 0 Å². The normalized spacial score (nSPS) is 16.2. The number of hydrogen-bond donors (Lipinski definition) is 1. The van der Waals surface area contributed by atoms with E-state index in [2.05, 4.69) is 4.98 Å². The molecule has 1 aliphatic heterocycles. The van der Waals surface area contributed by atoms with Crippen molar-refractivity contribution in [1.82, 2.24) is 9.88 Å². The summed E-state index contributed by atoms with van der Waals surface area (Å²) in [4.78, 5) is 18.1. The van der Waals surface area contributed by atoms with E-state index in [0.717, 1.165) is 4.90 Å². The maximum absolute atomic E-state index is 11.5. The number of likely N-dealkylation sites (tertiary alicyclic amines) is 1. The van der Waals surface area contributed by atoms with E-state index in [4.69, 9.17) is 5.11 Å². The summed E-state index contributed by atoms with van der Waals surface area (Å²) in [6, 6.07) is 3.76. The molecule has 15 heavy (non-hydrogen) atoms. The molecular formula is C10H12N2O2S. The van der Waals surface area contributed by atoms with Gasteiger partial charge in [0, 0.05) is 30.4 Å². The molecule has 5 heteroatoms. The van der Waals surface area contributed by atoms with Crippen LogP contribution in [0.25, 0.3) is 0 Å². The first kappa shape index (κ1) is 10.4. The Morgan fingerprint density at radius 2 is 2.20 bits per heavy atom. The van der Waals surface area contributed by atoms with Gasteiger partial charge in [0.15, 0.2) is 0 Å². The van der Waals surface area contributed by atoms with E-state index in [1.54, 1.807) is 17.3 Å². The van der Waals surface area contributed by atoms with Crippen LogP contribution in [0.5, 0.6) is 0 Å². The molecule has 0 aliphatic carbocycles. The molecule has 1 amide bonds. The fourth-order valence-corrected chi connectivity index (χ4v) is 2.12. The zero-order valence-electron chi connectivity index (χ0n) is 8.17. The van der Waals surface area contributed by atoms with Crippen molar-refractivity contribution in [3.8, 4) is 0 Å². The van der Waals surface area contributed by atoms with Crippen molar-refractivity contribution >= 4 is 17.7 Å². The molecule has 0 radical (unpaired) electrons. The first-order chi connectivity index (χ1) is 7.25. The average molecular weight is 224 g/mol. The molecule has 0 bridgehead atoms. The standard InChI is InChI=1S/C10H12N2O2S/c13-8-5-12(6-8)10(14)7-15-9-1-3-11-4-2-9/h1-4,8,13H,5-7H2.